The summed E-state index contributed by atoms with van der Waals surface area (Å²) >= 11 is 5.96. The molecule has 0 aliphatic carbocycles. The van der Waals surface area contributed by atoms with Gasteiger partial charge in [-0.2, -0.15) is 0 Å². The van der Waals surface area contributed by atoms with Crippen molar-refractivity contribution in [2.45, 2.75) is 39.4 Å². The van der Waals surface area contributed by atoms with Crippen molar-refractivity contribution in [3.05, 3.63) is 59.1 Å². The number of sulfonamides is 1. The van der Waals surface area contributed by atoms with Crippen molar-refractivity contribution in [3.63, 3.8) is 0 Å². The summed E-state index contributed by atoms with van der Waals surface area (Å²) in [5, 5.41) is 3.35. The number of carbonyl (C=O) groups is 2. The van der Waals surface area contributed by atoms with Crippen LogP contribution in [0, 0.1) is 0 Å². The fourth-order valence-corrected chi connectivity index (χ4v) is 4.12. The van der Waals surface area contributed by atoms with Gasteiger partial charge >= 0.3 is 0 Å². The number of carbonyl (C=O) groups excluding carboxylic acids is 2. The molecule has 2 rings (SSSR count). The summed E-state index contributed by atoms with van der Waals surface area (Å²) in [6.07, 6.45) is 1.03. The molecule has 0 radical (unpaired) electrons. The lowest BCUT2D eigenvalue weighted by molar-refractivity contribution is -0.139. The first-order chi connectivity index (χ1) is 15.4. The molecule has 0 aliphatic rings. The number of ether oxygens (including phenoxy) is 1. The molecule has 0 aliphatic heterocycles. The highest BCUT2D eigenvalue weighted by atomic mass is 35.5. The van der Waals surface area contributed by atoms with Crippen molar-refractivity contribution in [2.75, 3.05) is 24.2 Å². The van der Waals surface area contributed by atoms with E-state index in [-0.39, 0.29) is 24.2 Å². The number of nitrogens with zero attached hydrogens (tertiary/aromatic N) is 2. The van der Waals surface area contributed by atoms with E-state index in [4.69, 9.17) is 16.3 Å². The van der Waals surface area contributed by atoms with E-state index in [1.165, 1.54) is 18.1 Å². The smallest absolute Gasteiger partial charge is 0.244 e. The van der Waals surface area contributed by atoms with Crippen LogP contribution in [-0.4, -0.2) is 57.1 Å². The maximum absolute atomic E-state index is 13.4. The lowest BCUT2D eigenvalue weighted by atomic mass is 10.1. The number of hydrogen-bond donors (Lipinski definition) is 1. The fraction of sp³-hybridized carbons (Fsp3) is 0.391. The van der Waals surface area contributed by atoms with Crippen LogP contribution in [0.15, 0.2) is 48.5 Å². The monoisotopic (exact) mass is 495 g/mol. The summed E-state index contributed by atoms with van der Waals surface area (Å²) in [6.45, 7) is 4.90. The normalized spacial score (nSPS) is 12.2. The van der Waals surface area contributed by atoms with E-state index in [0.29, 0.717) is 10.8 Å². The number of amides is 2. The predicted molar refractivity (Wildman–Crippen MR) is 130 cm³/mol. The highest BCUT2D eigenvalue weighted by Gasteiger charge is 2.30. The summed E-state index contributed by atoms with van der Waals surface area (Å²) in [7, 11) is -2.33. The van der Waals surface area contributed by atoms with E-state index < -0.39 is 28.5 Å². The molecular formula is C23H30ClN3O5S. The first-order valence-electron chi connectivity index (χ1n) is 10.4. The minimum absolute atomic E-state index is 0.110. The van der Waals surface area contributed by atoms with Crippen LogP contribution in [0.2, 0.25) is 5.02 Å². The van der Waals surface area contributed by atoms with E-state index >= 15 is 0 Å². The van der Waals surface area contributed by atoms with Crippen LogP contribution in [0.5, 0.6) is 5.75 Å². The van der Waals surface area contributed by atoms with E-state index in [1.807, 2.05) is 13.8 Å². The van der Waals surface area contributed by atoms with Crippen LogP contribution in [-0.2, 0) is 26.2 Å². The van der Waals surface area contributed by atoms with Gasteiger partial charge in [-0.15, -0.1) is 0 Å². The fourth-order valence-electron chi connectivity index (χ4n) is 3.15. The maximum Gasteiger partial charge on any atom is 0.244 e. The van der Waals surface area contributed by atoms with Crippen molar-refractivity contribution in [2.24, 2.45) is 0 Å². The van der Waals surface area contributed by atoms with Crippen LogP contribution in [0.1, 0.15) is 26.3 Å². The first-order valence-corrected chi connectivity index (χ1v) is 12.6. The van der Waals surface area contributed by atoms with Crippen LogP contribution in [0.25, 0.3) is 0 Å². The van der Waals surface area contributed by atoms with Crippen molar-refractivity contribution >= 4 is 39.1 Å². The number of hydrogen-bond acceptors (Lipinski definition) is 5. The summed E-state index contributed by atoms with van der Waals surface area (Å²) in [6, 6.07) is 12.4. The zero-order chi connectivity index (χ0) is 24.8. The second-order valence-corrected chi connectivity index (χ2v) is 10.3. The highest BCUT2D eigenvalue weighted by molar-refractivity contribution is 7.92. The Hall–Kier alpha value is -2.78. The summed E-state index contributed by atoms with van der Waals surface area (Å²) in [5.74, 6) is -0.402. The summed E-state index contributed by atoms with van der Waals surface area (Å²) < 4.78 is 31.3. The van der Waals surface area contributed by atoms with Gasteiger partial charge in [0, 0.05) is 23.7 Å². The second-order valence-electron chi connectivity index (χ2n) is 7.96. The Kier molecular flexibility index (Phi) is 9.13. The van der Waals surface area contributed by atoms with Crippen molar-refractivity contribution in [1.29, 1.82) is 0 Å². The van der Waals surface area contributed by atoms with Crippen LogP contribution in [0.3, 0.4) is 0 Å². The van der Waals surface area contributed by atoms with Crippen molar-refractivity contribution < 1.29 is 22.7 Å². The molecule has 0 spiro atoms. The molecule has 2 amide bonds. The van der Waals surface area contributed by atoms with Crippen molar-refractivity contribution in [1.82, 2.24) is 10.2 Å². The summed E-state index contributed by atoms with van der Waals surface area (Å²) in [4.78, 5) is 27.5. The van der Waals surface area contributed by atoms with Gasteiger partial charge in [-0.3, -0.25) is 13.9 Å². The lowest BCUT2D eigenvalue weighted by Crippen LogP contribution is -2.52. The van der Waals surface area contributed by atoms with Gasteiger partial charge in [0.05, 0.1) is 19.1 Å². The van der Waals surface area contributed by atoms with Gasteiger partial charge in [0.25, 0.3) is 0 Å². The molecule has 0 unspecified atom stereocenters. The number of rotatable bonds is 10. The molecule has 1 N–H and O–H groups in total. The SMILES string of the molecule is COc1cccc(N(CC(=O)N(Cc2ccc(Cl)cc2)[C@@H](C)C(=O)NC(C)C)S(C)(=O)=O)c1. The van der Waals surface area contributed by atoms with Crippen LogP contribution in [0.4, 0.5) is 5.69 Å². The molecule has 8 nitrogen and oxygen atoms in total. The average Bonchev–Trinajstić information content (AvgIpc) is 2.75. The van der Waals surface area contributed by atoms with Gasteiger partial charge in [-0.1, -0.05) is 29.8 Å². The second kappa shape index (κ2) is 11.4. The van der Waals surface area contributed by atoms with Gasteiger partial charge in [-0.05, 0) is 50.6 Å². The number of anilines is 1. The number of benzene rings is 2. The van der Waals surface area contributed by atoms with Gasteiger partial charge in [-0.25, -0.2) is 8.42 Å². The topological polar surface area (TPSA) is 96.0 Å². The Morgan fingerprint density at radius 2 is 1.73 bits per heavy atom. The van der Waals surface area contributed by atoms with Gasteiger partial charge in [0.2, 0.25) is 21.8 Å². The van der Waals surface area contributed by atoms with E-state index in [9.17, 15) is 18.0 Å². The average molecular weight is 496 g/mol. The van der Waals surface area contributed by atoms with E-state index in [0.717, 1.165) is 16.1 Å². The number of nitrogens with one attached hydrogen (secondary N) is 1. The molecule has 0 heterocycles. The van der Waals surface area contributed by atoms with Gasteiger partial charge in [0.15, 0.2) is 0 Å². The Morgan fingerprint density at radius 3 is 2.27 bits per heavy atom. The molecule has 0 saturated carbocycles. The largest absolute Gasteiger partial charge is 0.497 e. The minimum Gasteiger partial charge on any atom is -0.497 e. The Bertz CT molecular complexity index is 1070. The zero-order valence-corrected chi connectivity index (χ0v) is 21.0. The molecule has 2 aromatic rings. The number of halogens is 1. The standard InChI is InChI=1S/C23H30ClN3O5S/c1-16(2)25-23(29)17(3)26(14-18-9-11-19(24)12-10-18)22(28)15-27(33(5,30)31)20-7-6-8-21(13-20)32-4/h6-13,16-17H,14-15H2,1-5H3,(H,25,29)/t17-/m0/s1. The number of methoxy groups -OCH3 is 1. The molecule has 0 saturated heterocycles. The Balaban J connectivity index is 2.39. The molecule has 0 aromatic heterocycles. The van der Waals surface area contributed by atoms with Crippen LogP contribution >= 0.6 is 11.6 Å². The quantitative estimate of drug-likeness (QED) is 0.546. The summed E-state index contributed by atoms with van der Waals surface area (Å²) in [5.41, 5.74) is 1.04. The molecule has 0 bridgehead atoms. The Labute approximate surface area is 200 Å². The third-order valence-corrected chi connectivity index (χ3v) is 6.28. The third kappa shape index (κ3) is 7.64. The molecule has 1 atom stereocenters. The predicted octanol–water partition coefficient (Wildman–Crippen LogP) is 3.06. The van der Waals surface area contributed by atoms with Crippen LogP contribution < -0.4 is 14.4 Å². The molecule has 180 valence electrons. The third-order valence-electron chi connectivity index (χ3n) is 4.88. The molecule has 33 heavy (non-hydrogen) atoms. The van der Waals surface area contributed by atoms with Gasteiger partial charge in [0.1, 0.15) is 18.3 Å². The molecule has 2 aromatic carbocycles. The minimum atomic E-state index is -3.80. The molecule has 10 heteroatoms. The van der Waals surface area contributed by atoms with Crippen molar-refractivity contribution in [3.8, 4) is 5.75 Å². The lowest BCUT2D eigenvalue weighted by Gasteiger charge is -2.32. The van der Waals surface area contributed by atoms with Gasteiger partial charge < -0.3 is 15.0 Å². The molecular weight excluding hydrogens is 466 g/mol. The highest BCUT2D eigenvalue weighted by Crippen LogP contribution is 2.24. The zero-order valence-electron chi connectivity index (χ0n) is 19.4. The molecule has 0 fully saturated rings. The first kappa shape index (κ1) is 26.5. The Morgan fingerprint density at radius 1 is 1.09 bits per heavy atom. The van der Waals surface area contributed by atoms with E-state index in [1.54, 1.807) is 49.4 Å². The van der Waals surface area contributed by atoms with E-state index in [2.05, 4.69) is 5.32 Å². The maximum atomic E-state index is 13.4.